The average molecular weight is 194 g/mol. The lowest BCUT2D eigenvalue weighted by Crippen LogP contribution is -2.23. The number of hydrogen-bond donors (Lipinski definition) is 2. The first-order valence-corrected chi connectivity index (χ1v) is 4.77. The van der Waals surface area contributed by atoms with Crippen molar-refractivity contribution in [3.05, 3.63) is 11.3 Å². The molecule has 0 aliphatic heterocycles. The second-order valence-electron chi connectivity index (χ2n) is 3.50. The predicted molar refractivity (Wildman–Crippen MR) is 52.9 cm³/mol. The number of aromatic nitrogens is 2. The Bertz CT molecular complexity index is 369. The molecule has 1 amide bonds. The fourth-order valence-electron chi connectivity index (χ4n) is 1.86. The highest BCUT2D eigenvalue weighted by atomic mass is 16.1. The summed E-state index contributed by atoms with van der Waals surface area (Å²) in [6.45, 7) is 0.0138. The Morgan fingerprint density at radius 3 is 3.14 bits per heavy atom. The zero-order valence-corrected chi connectivity index (χ0v) is 8.21. The van der Waals surface area contributed by atoms with E-state index in [1.54, 1.807) is 4.68 Å². The molecule has 0 spiro atoms. The molecule has 76 valence electrons. The molecule has 0 bridgehead atoms. The van der Waals surface area contributed by atoms with Crippen molar-refractivity contribution < 1.29 is 4.79 Å². The Kier molecular flexibility index (Phi) is 2.25. The van der Waals surface area contributed by atoms with Crippen LogP contribution in [0.25, 0.3) is 0 Å². The summed E-state index contributed by atoms with van der Waals surface area (Å²) >= 11 is 0. The summed E-state index contributed by atoms with van der Waals surface area (Å²) < 4.78 is 1.72. The van der Waals surface area contributed by atoms with Crippen molar-refractivity contribution in [2.75, 3.05) is 11.9 Å². The Morgan fingerprint density at radius 1 is 1.64 bits per heavy atom. The lowest BCUT2D eigenvalue weighted by molar-refractivity contribution is -0.114. The van der Waals surface area contributed by atoms with Gasteiger partial charge in [0.1, 0.15) is 5.82 Å². The van der Waals surface area contributed by atoms with Gasteiger partial charge in [-0.15, -0.1) is 0 Å². The van der Waals surface area contributed by atoms with Gasteiger partial charge in [-0.2, -0.15) is 5.10 Å². The first-order valence-electron chi connectivity index (χ1n) is 4.77. The van der Waals surface area contributed by atoms with Crippen LogP contribution in [0, 0.1) is 0 Å². The number of rotatable bonds is 2. The summed E-state index contributed by atoms with van der Waals surface area (Å²) in [4.78, 5) is 11.2. The molecule has 0 unspecified atom stereocenters. The van der Waals surface area contributed by atoms with E-state index in [0.29, 0.717) is 0 Å². The van der Waals surface area contributed by atoms with Crippen LogP contribution in [0.5, 0.6) is 0 Å². The van der Waals surface area contributed by atoms with Crippen LogP contribution in [0.4, 0.5) is 5.82 Å². The third kappa shape index (κ3) is 1.39. The third-order valence-electron chi connectivity index (χ3n) is 2.51. The minimum absolute atomic E-state index is 0.0138. The standard InChI is InChI=1S/C9H14N4O/c1-13-9(11-8(14)5-10)6-3-2-4-7(6)12-13/h2-5,10H2,1H3,(H,11,14). The summed E-state index contributed by atoms with van der Waals surface area (Å²) in [6.07, 6.45) is 3.15. The van der Waals surface area contributed by atoms with E-state index in [4.69, 9.17) is 5.73 Å². The van der Waals surface area contributed by atoms with Crippen LogP contribution in [0.3, 0.4) is 0 Å². The number of amides is 1. The van der Waals surface area contributed by atoms with Gasteiger partial charge in [0, 0.05) is 12.6 Å². The largest absolute Gasteiger partial charge is 0.322 e. The highest BCUT2D eigenvalue weighted by molar-refractivity contribution is 5.92. The van der Waals surface area contributed by atoms with Crippen molar-refractivity contribution in [2.45, 2.75) is 19.3 Å². The van der Waals surface area contributed by atoms with Crippen molar-refractivity contribution in [1.29, 1.82) is 0 Å². The molecule has 0 saturated carbocycles. The average Bonchev–Trinajstić information content (AvgIpc) is 2.70. The molecule has 14 heavy (non-hydrogen) atoms. The van der Waals surface area contributed by atoms with Crippen LogP contribution >= 0.6 is 0 Å². The molecule has 1 aromatic rings. The van der Waals surface area contributed by atoms with Gasteiger partial charge >= 0.3 is 0 Å². The number of nitrogens with zero attached hydrogens (tertiary/aromatic N) is 2. The van der Waals surface area contributed by atoms with Gasteiger partial charge in [-0.05, 0) is 19.3 Å². The second-order valence-corrected chi connectivity index (χ2v) is 3.50. The fraction of sp³-hybridized carbons (Fsp3) is 0.556. The Morgan fingerprint density at radius 2 is 2.43 bits per heavy atom. The number of nitrogens with two attached hydrogens (primary N) is 1. The number of nitrogens with one attached hydrogen (secondary N) is 1. The van der Waals surface area contributed by atoms with E-state index in [0.717, 1.165) is 30.8 Å². The van der Waals surface area contributed by atoms with Crippen LogP contribution in [-0.2, 0) is 24.7 Å². The van der Waals surface area contributed by atoms with E-state index in [9.17, 15) is 4.79 Å². The number of anilines is 1. The van der Waals surface area contributed by atoms with Crippen LogP contribution in [0.1, 0.15) is 17.7 Å². The van der Waals surface area contributed by atoms with Gasteiger partial charge in [-0.25, -0.2) is 0 Å². The first kappa shape index (κ1) is 9.21. The Balaban J connectivity index is 2.28. The maximum Gasteiger partial charge on any atom is 0.239 e. The Labute approximate surface area is 82.3 Å². The zero-order valence-electron chi connectivity index (χ0n) is 8.21. The fourth-order valence-corrected chi connectivity index (χ4v) is 1.86. The van der Waals surface area contributed by atoms with Crippen molar-refractivity contribution in [3.63, 3.8) is 0 Å². The summed E-state index contributed by atoms with van der Waals surface area (Å²) in [6, 6.07) is 0. The van der Waals surface area contributed by atoms with Crippen molar-refractivity contribution >= 4 is 11.7 Å². The van der Waals surface area contributed by atoms with Crippen LogP contribution in [0.15, 0.2) is 0 Å². The molecule has 5 nitrogen and oxygen atoms in total. The third-order valence-corrected chi connectivity index (χ3v) is 2.51. The van der Waals surface area contributed by atoms with E-state index in [1.165, 1.54) is 5.56 Å². The van der Waals surface area contributed by atoms with Crippen LogP contribution in [0.2, 0.25) is 0 Å². The highest BCUT2D eigenvalue weighted by Crippen LogP contribution is 2.27. The molecule has 1 heterocycles. The summed E-state index contributed by atoms with van der Waals surface area (Å²) in [7, 11) is 1.84. The van der Waals surface area contributed by atoms with Gasteiger partial charge in [0.2, 0.25) is 5.91 Å². The van der Waals surface area contributed by atoms with E-state index >= 15 is 0 Å². The molecule has 0 fully saturated rings. The quantitative estimate of drug-likeness (QED) is 0.685. The molecule has 0 aromatic carbocycles. The highest BCUT2D eigenvalue weighted by Gasteiger charge is 2.21. The molecule has 2 rings (SSSR count). The molecule has 5 heteroatoms. The van der Waals surface area contributed by atoms with Crippen molar-refractivity contribution in [3.8, 4) is 0 Å². The second kappa shape index (κ2) is 3.42. The molecule has 1 aliphatic rings. The maximum absolute atomic E-state index is 11.2. The number of carbonyl (C=O) groups is 1. The van der Waals surface area contributed by atoms with E-state index < -0.39 is 0 Å². The molecule has 3 N–H and O–H groups in total. The van der Waals surface area contributed by atoms with Gasteiger partial charge in [0.15, 0.2) is 0 Å². The molecule has 1 aromatic heterocycles. The van der Waals surface area contributed by atoms with E-state index in [1.807, 2.05) is 7.05 Å². The Hall–Kier alpha value is -1.36. The van der Waals surface area contributed by atoms with Gasteiger partial charge in [0.25, 0.3) is 0 Å². The molecule has 0 saturated heterocycles. The number of aryl methyl sites for hydroxylation is 2. The van der Waals surface area contributed by atoms with Gasteiger partial charge in [-0.1, -0.05) is 0 Å². The minimum atomic E-state index is -0.164. The van der Waals surface area contributed by atoms with Gasteiger partial charge < -0.3 is 11.1 Å². The van der Waals surface area contributed by atoms with Crippen molar-refractivity contribution in [1.82, 2.24) is 9.78 Å². The summed E-state index contributed by atoms with van der Waals surface area (Å²) in [5, 5.41) is 7.12. The minimum Gasteiger partial charge on any atom is -0.322 e. The smallest absolute Gasteiger partial charge is 0.239 e. The van der Waals surface area contributed by atoms with Crippen molar-refractivity contribution in [2.24, 2.45) is 12.8 Å². The molecule has 0 atom stereocenters. The molecule has 0 radical (unpaired) electrons. The number of hydrogen-bond acceptors (Lipinski definition) is 3. The number of fused-ring (bicyclic) bond motifs is 1. The molecular weight excluding hydrogens is 180 g/mol. The normalized spacial score (nSPS) is 14.1. The molecular formula is C9H14N4O. The predicted octanol–water partition coefficient (Wildman–Crippen LogP) is -0.194. The lowest BCUT2D eigenvalue weighted by atomic mass is 10.2. The van der Waals surface area contributed by atoms with Gasteiger partial charge in [-0.3, -0.25) is 9.48 Å². The topological polar surface area (TPSA) is 72.9 Å². The SMILES string of the molecule is Cn1nc2c(c1NC(=O)CN)CCC2. The number of carbonyl (C=O) groups excluding carboxylic acids is 1. The van der Waals surface area contributed by atoms with Crippen LogP contribution < -0.4 is 11.1 Å². The van der Waals surface area contributed by atoms with Gasteiger partial charge in [0.05, 0.1) is 12.2 Å². The first-order chi connectivity index (χ1) is 6.72. The summed E-state index contributed by atoms with van der Waals surface area (Å²) in [5.41, 5.74) is 7.53. The monoisotopic (exact) mass is 194 g/mol. The van der Waals surface area contributed by atoms with E-state index in [-0.39, 0.29) is 12.5 Å². The summed E-state index contributed by atoms with van der Waals surface area (Å²) in [5.74, 6) is 0.649. The maximum atomic E-state index is 11.2. The zero-order chi connectivity index (χ0) is 10.1. The van der Waals surface area contributed by atoms with Crippen LogP contribution in [-0.4, -0.2) is 22.2 Å². The van der Waals surface area contributed by atoms with E-state index in [2.05, 4.69) is 10.4 Å². The molecule has 1 aliphatic carbocycles. The lowest BCUT2D eigenvalue weighted by Gasteiger charge is -2.05.